The molecule has 1 amide bonds. The van der Waals surface area contributed by atoms with Crippen LogP contribution in [0.25, 0.3) is 0 Å². The molecule has 0 heterocycles. The van der Waals surface area contributed by atoms with E-state index in [9.17, 15) is 4.79 Å². The number of rotatable bonds is 8. The minimum atomic E-state index is -0.0752. The lowest BCUT2D eigenvalue weighted by Gasteiger charge is -2.10. The summed E-state index contributed by atoms with van der Waals surface area (Å²) >= 11 is 0. The number of anilines is 1. The minimum absolute atomic E-state index is 0.0752. The van der Waals surface area contributed by atoms with Gasteiger partial charge in [-0.1, -0.05) is 26.7 Å². The average molecular weight is 264 g/mol. The van der Waals surface area contributed by atoms with Crippen LogP contribution in [0.4, 0.5) is 5.69 Å². The highest BCUT2D eigenvalue weighted by Crippen LogP contribution is 2.23. The molecule has 4 heteroatoms. The topological polar surface area (TPSA) is 64.4 Å². The van der Waals surface area contributed by atoms with E-state index in [1.807, 2.05) is 0 Å². The van der Waals surface area contributed by atoms with Crippen molar-refractivity contribution in [2.24, 2.45) is 0 Å². The van der Waals surface area contributed by atoms with Gasteiger partial charge in [0.2, 0.25) is 0 Å². The first-order chi connectivity index (χ1) is 9.19. The fraction of sp³-hybridized carbons (Fsp3) is 0.533. The minimum Gasteiger partial charge on any atom is -0.491 e. The summed E-state index contributed by atoms with van der Waals surface area (Å²) in [7, 11) is 0. The van der Waals surface area contributed by atoms with Crippen LogP contribution in [0.1, 0.15) is 49.9 Å². The molecule has 3 N–H and O–H groups in total. The highest BCUT2D eigenvalue weighted by atomic mass is 16.5. The van der Waals surface area contributed by atoms with E-state index in [2.05, 4.69) is 19.2 Å². The van der Waals surface area contributed by atoms with Gasteiger partial charge >= 0.3 is 0 Å². The van der Waals surface area contributed by atoms with Gasteiger partial charge in [0.15, 0.2) is 0 Å². The van der Waals surface area contributed by atoms with E-state index in [-0.39, 0.29) is 5.91 Å². The van der Waals surface area contributed by atoms with E-state index in [1.165, 1.54) is 0 Å². The van der Waals surface area contributed by atoms with Gasteiger partial charge < -0.3 is 15.8 Å². The number of nitrogen functional groups attached to an aromatic ring is 1. The Bertz CT molecular complexity index is 405. The summed E-state index contributed by atoms with van der Waals surface area (Å²) in [6, 6.07) is 5.16. The number of carbonyl (C=O) groups excluding carboxylic acids is 1. The molecule has 0 aliphatic rings. The Balaban J connectivity index is 2.63. The third-order valence-corrected chi connectivity index (χ3v) is 2.85. The number of unbranched alkanes of at least 4 members (excludes halogenated alkanes) is 2. The van der Waals surface area contributed by atoms with Crippen LogP contribution in [0.3, 0.4) is 0 Å². The lowest BCUT2D eigenvalue weighted by molar-refractivity contribution is 0.0952. The largest absolute Gasteiger partial charge is 0.491 e. The molecule has 0 spiro atoms. The smallest absolute Gasteiger partial charge is 0.251 e. The fourth-order valence-corrected chi connectivity index (χ4v) is 1.61. The number of amides is 1. The van der Waals surface area contributed by atoms with Crippen molar-refractivity contribution in [3.63, 3.8) is 0 Å². The molecule has 1 rings (SSSR count). The van der Waals surface area contributed by atoms with E-state index in [4.69, 9.17) is 10.5 Å². The molecule has 0 atom stereocenters. The third-order valence-electron chi connectivity index (χ3n) is 2.85. The van der Waals surface area contributed by atoms with E-state index in [0.29, 0.717) is 30.2 Å². The first-order valence-electron chi connectivity index (χ1n) is 6.99. The maximum absolute atomic E-state index is 11.9. The number of hydrogen-bond donors (Lipinski definition) is 2. The molecule has 0 saturated carbocycles. The summed E-state index contributed by atoms with van der Waals surface area (Å²) in [5, 5.41) is 2.88. The molecule has 0 bridgehead atoms. The number of nitrogens with one attached hydrogen (secondary N) is 1. The standard InChI is InChI=1S/C15H24N2O2/c1-3-5-9-17-15(18)12-7-8-13(16)14(11-12)19-10-6-4-2/h7-8,11H,3-6,9-10,16H2,1-2H3,(H,17,18). The maximum Gasteiger partial charge on any atom is 0.251 e. The lowest BCUT2D eigenvalue weighted by atomic mass is 10.1. The Kier molecular flexibility index (Phi) is 6.79. The van der Waals surface area contributed by atoms with Gasteiger partial charge in [-0.15, -0.1) is 0 Å². The molecular weight excluding hydrogens is 240 g/mol. The van der Waals surface area contributed by atoms with Gasteiger partial charge in [-0.2, -0.15) is 0 Å². The monoisotopic (exact) mass is 264 g/mol. The van der Waals surface area contributed by atoms with Crippen molar-refractivity contribution in [1.82, 2.24) is 5.32 Å². The second kappa shape index (κ2) is 8.40. The molecule has 4 nitrogen and oxygen atoms in total. The maximum atomic E-state index is 11.9. The molecule has 0 fully saturated rings. The summed E-state index contributed by atoms with van der Waals surface area (Å²) in [6.45, 7) is 5.52. The van der Waals surface area contributed by atoms with Crippen LogP contribution < -0.4 is 15.8 Å². The molecule has 19 heavy (non-hydrogen) atoms. The Morgan fingerprint density at radius 1 is 1.26 bits per heavy atom. The van der Waals surface area contributed by atoms with Gasteiger partial charge in [-0.05, 0) is 31.0 Å². The number of nitrogens with two attached hydrogens (primary N) is 1. The van der Waals surface area contributed by atoms with Gasteiger partial charge in [0.25, 0.3) is 5.91 Å². The van der Waals surface area contributed by atoms with Crippen LogP contribution in [0, 0.1) is 0 Å². The van der Waals surface area contributed by atoms with E-state index < -0.39 is 0 Å². The molecule has 0 radical (unpaired) electrons. The molecule has 0 unspecified atom stereocenters. The van der Waals surface area contributed by atoms with E-state index in [1.54, 1.807) is 18.2 Å². The highest BCUT2D eigenvalue weighted by molar-refractivity contribution is 5.95. The third kappa shape index (κ3) is 5.20. The summed E-state index contributed by atoms with van der Waals surface area (Å²) in [5.74, 6) is 0.519. The SMILES string of the molecule is CCCCNC(=O)c1ccc(N)c(OCCCC)c1. The molecule has 0 saturated heterocycles. The van der Waals surface area contributed by atoms with Crippen molar-refractivity contribution in [1.29, 1.82) is 0 Å². The van der Waals surface area contributed by atoms with Crippen LogP contribution in [-0.2, 0) is 0 Å². The molecule has 0 aromatic heterocycles. The first kappa shape index (κ1) is 15.3. The molecule has 106 valence electrons. The van der Waals surface area contributed by atoms with E-state index in [0.717, 1.165) is 25.7 Å². The van der Waals surface area contributed by atoms with Crippen LogP contribution in [0.5, 0.6) is 5.75 Å². The molecular formula is C15H24N2O2. The number of ether oxygens (including phenoxy) is 1. The van der Waals surface area contributed by atoms with Crippen molar-refractivity contribution in [2.45, 2.75) is 39.5 Å². The van der Waals surface area contributed by atoms with Crippen molar-refractivity contribution < 1.29 is 9.53 Å². The van der Waals surface area contributed by atoms with Gasteiger partial charge in [0.1, 0.15) is 5.75 Å². The Morgan fingerprint density at radius 3 is 2.68 bits per heavy atom. The quantitative estimate of drug-likeness (QED) is 0.560. The number of hydrogen-bond acceptors (Lipinski definition) is 3. The first-order valence-corrected chi connectivity index (χ1v) is 6.99. The van der Waals surface area contributed by atoms with Gasteiger partial charge in [-0.3, -0.25) is 4.79 Å². The predicted molar refractivity (Wildman–Crippen MR) is 78.5 cm³/mol. The highest BCUT2D eigenvalue weighted by Gasteiger charge is 2.08. The summed E-state index contributed by atoms with van der Waals surface area (Å²) in [5.41, 5.74) is 7.00. The number of carbonyl (C=O) groups is 1. The van der Waals surface area contributed by atoms with Gasteiger partial charge in [-0.25, -0.2) is 0 Å². The Hall–Kier alpha value is -1.71. The van der Waals surface area contributed by atoms with Crippen LogP contribution in [-0.4, -0.2) is 19.1 Å². The fourth-order valence-electron chi connectivity index (χ4n) is 1.61. The van der Waals surface area contributed by atoms with Gasteiger partial charge in [0, 0.05) is 12.1 Å². The zero-order valence-corrected chi connectivity index (χ0v) is 11.9. The van der Waals surface area contributed by atoms with Crippen molar-refractivity contribution >= 4 is 11.6 Å². The van der Waals surface area contributed by atoms with Crippen molar-refractivity contribution in [2.75, 3.05) is 18.9 Å². The summed E-state index contributed by atoms with van der Waals surface area (Å²) in [4.78, 5) is 11.9. The van der Waals surface area contributed by atoms with Crippen LogP contribution >= 0.6 is 0 Å². The molecule has 0 aliphatic heterocycles. The van der Waals surface area contributed by atoms with E-state index >= 15 is 0 Å². The van der Waals surface area contributed by atoms with Crippen molar-refractivity contribution in [3.8, 4) is 5.75 Å². The summed E-state index contributed by atoms with van der Waals surface area (Å²) in [6.07, 6.45) is 4.09. The Morgan fingerprint density at radius 2 is 2.00 bits per heavy atom. The van der Waals surface area contributed by atoms with Crippen molar-refractivity contribution in [3.05, 3.63) is 23.8 Å². The molecule has 0 aliphatic carbocycles. The zero-order chi connectivity index (χ0) is 14.1. The summed E-state index contributed by atoms with van der Waals surface area (Å²) < 4.78 is 5.59. The van der Waals surface area contributed by atoms with Crippen LogP contribution in [0.15, 0.2) is 18.2 Å². The van der Waals surface area contributed by atoms with Gasteiger partial charge in [0.05, 0.1) is 12.3 Å². The normalized spacial score (nSPS) is 10.2. The Labute approximate surface area is 115 Å². The number of benzene rings is 1. The predicted octanol–water partition coefficient (Wildman–Crippen LogP) is 2.98. The lowest BCUT2D eigenvalue weighted by Crippen LogP contribution is -2.24. The average Bonchev–Trinajstić information content (AvgIpc) is 2.41. The zero-order valence-electron chi connectivity index (χ0n) is 11.9. The molecule has 1 aromatic carbocycles. The van der Waals surface area contributed by atoms with Crippen LogP contribution in [0.2, 0.25) is 0 Å². The second-order valence-corrected chi connectivity index (χ2v) is 4.56. The second-order valence-electron chi connectivity index (χ2n) is 4.56. The molecule has 1 aromatic rings.